The zero-order chi connectivity index (χ0) is 14.0. The number of nitrogens with one attached hydrogen (secondary N) is 1. The van der Waals surface area contributed by atoms with Crippen molar-refractivity contribution in [1.82, 2.24) is 9.97 Å². The zero-order valence-corrected chi connectivity index (χ0v) is 11.5. The first kappa shape index (κ1) is 13.6. The van der Waals surface area contributed by atoms with E-state index in [1.165, 1.54) is 6.07 Å². The molecule has 1 heterocycles. The van der Waals surface area contributed by atoms with Gasteiger partial charge in [-0.05, 0) is 31.5 Å². The number of benzene rings is 1. The molecule has 5 nitrogen and oxygen atoms in total. The zero-order valence-electron chi connectivity index (χ0n) is 10.7. The molecular weight excluding hydrogens is 264 g/mol. The second-order valence-electron chi connectivity index (χ2n) is 4.13. The second kappa shape index (κ2) is 5.42. The van der Waals surface area contributed by atoms with Crippen LogP contribution in [0.15, 0.2) is 18.2 Å². The highest BCUT2D eigenvalue weighted by molar-refractivity contribution is 6.32. The lowest BCUT2D eigenvalue weighted by molar-refractivity contribution is 0.475. The monoisotopic (exact) mass is 278 g/mol. The first-order valence-electron chi connectivity index (χ1n) is 5.89. The second-order valence-corrected chi connectivity index (χ2v) is 4.54. The fraction of sp³-hybridized carbons (Fsp3) is 0.231. The highest BCUT2D eigenvalue weighted by Crippen LogP contribution is 2.29. The fourth-order valence-electron chi connectivity index (χ4n) is 1.82. The fourth-order valence-corrected chi connectivity index (χ4v) is 2.00. The number of aryl methyl sites for hydroxylation is 1. The average molecular weight is 279 g/mol. The van der Waals surface area contributed by atoms with Crippen LogP contribution in [0.25, 0.3) is 11.4 Å². The Hall–Kier alpha value is -1.85. The molecule has 0 amide bonds. The number of halogens is 1. The highest BCUT2D eigenvalue weighted by Gasteiger charge is 2.11. The molecule has 0 aliphatic carbocycles. The molecule has 4 N–H and O–H groups in total. The molecule has 0 radical (unpaired) electrons. The maximum atomic E-state index is 9.43. The van der Waals surface area contributed by atoms with E-state index in [2.05, 4.69) is 15.4 Å². The molecule has 1 aromatic heterocycles. The van der Waals surface area contributed by atoms with Crippen molar-refractivity contribution in [3.8, 4) is 17.1 Å². The van der Waals surface area contributed by atoms with Crippen molar-refractivity contribution in [2.24, 2.45) is 5.84 Å². The summed E-state index contributed by atoms with van der Waals surface area (Å²) in [5.74, 6) is 6.62. The van der Waals surface area contributed by atoms with Crippen molar-refractivity contribution in [3.63, 3.8) is 0 Å². The summed E-state index contributed by atoms with van der Waals surface area (Å²) < 4.78 is 0. The number of nitrogen functional groups attached to an aromatic ring is 1. The van der Waals surface area contributed by atoms with E-state index < -0.39 is 0 Å². The predicted molar refractivity (Wildman–Crippen MR) is 76.1 cm³/mol. The molecule has 0 aliphatic heterocycles. The number of nitrogens with two attached hydrogens (primary N) is 1. The number of anilines is 1. The van der Waals surface area contributed by atoms with E-state index in [1.807, 2.05) is 13.8 Å². The van der Waals surface area contributed by atoms with Gasteiger partial charge in [0.25, 0.3) is 0 Å². The molecule has 0 saturated carbocycles. The molecule has 0 bridgehead atoms. The minimum Gasteiger partial charge on any atom is -0.506 e. The Morgan fingerprint density at radius 3 is 2.68 bits per heavy atom. The normalized spacial score (nSPS) is 10.5. The third-order valence-electron chi connectivity index (χ3n) is 2.92. The third kappa shape index (κ3) is 2.62. The van der Waals surface area contributed by atoms with E-state index in [0.29, 0.717) is 11.6 Å². The van der Waals surface area contributed by atoms with Crippen molar-refractivity contribution >= 4 is 17.4 Å². The van der Waals surface area contributed by atoms with Crippen LogP contribution in [-0.4, -0.2) is 15.1 Å². The molecule has 0 unspecified atom stereocenters. The van der Waals surface area contributed by atoms with E-state index in [-0.39, 0.29) is 10.8 Å². The van der Waals surface area contributed by atoms with Gasteiger partial charge >= 0.3 is 0 Å². The molecule has 19 heavy (non-hydrogen) atoms. The lowest BCUT2D eigenvalue weighted by atomic mass is 10.1. The Morgan fingerprint density at radius 1 is 1.37 bits per heavy atom. The van der Waals surface area contributed by atoms with Crippen molar-refractivity contribution < 1.29 is 5.11 Å². The Labute approximate surface area is 116 Å². The van der Waals surface area contributed by atoms with Crippen LogP contribution in [0.4, 0.5) is 5.82 Å². The Kier molecular flexibility index (Phi) is 3.87. The van der Waals surface area contributed by atoms with Gasteiger partial charge in [0.15, 0.2) is 5.82 Å². The minimum atomic E-state index is 0.0328. The molecule has 0 atom stereocenters. The summed E-state index contributed by atoms with van der Waals surface area (Å²) in [6.45, 7) is 3.94. The third-order valence-corrected chi connectivity index (χ3v) is 3.23. The highest BCUT2D eigenvalue weighted by atomic mass is 35.5. The SMILES string of the molecule is CCc1nc(-c2ccc(O)c(Cl)c2)nc(NN)c1C. The maximum absolute atomic E-state index is 9.43. The molecule has 0 spiro atoms. The summed E-state index contributed by atoms with van der Waals surface area (Å²) in [5, 5.41) is 9.70. The van der Waals surface area contributed by atoms with Crippen LogP contribution in [0.2, 0.25) is 5.02 Å². The van der Waals surface area contributed by atoms with Crippen LogP contribution in [0.5, 0.6) is 5.75 Å². The molecule has 0 saturated heterocycles. The maximum Gasteiger partial charge on any atom is 0.161 e. The van der Waals surface area contributed by atoms with Crippen LogP contribution < -0.4 is 11.3 Å². The molecule has 100 valence electrons. The van der Waals surface area contributed by atoms with Crippen molar-refractivity contribution in [2.45, 2.75) is 20.3 Å². The number of hydrazine groups is 1. The number of nitrogens with zero attached hydrogens (tertiary/aromatic N) is 2. The van der Waals surface area contributed by atoms with Crippen LogP contribution >= 0.6 is 11.6 Å². The van der Waals surface area contributed by atoms with Gasteiger partial charge in [-0.1, -0.05) is 18.5 Å². The lowest BCUT2D eigenvalue weighted by Gasteiger charge is -2.11. The van der Waals surface area contributed by atoms with E-state index >= 15 is 0 Å². The van der Waals surface area contributed by atoms with Gasteiger partial charge in [0.05, 0.1) is 5.02 Å². The molecule has 1 aromatic carbocycles. The van der Waals surface area contributed by atoms with Crippen molar-refractivity contribution in [3.05, 3.63) is 34.5 Å². The van der Waals surface area contributed by atoms with Gasteiger partial charge in [-0.25, -0.2) is 15.8 Å². The number of aromatic nitrogens is 2. The first-order chi connectivity index (χ1) is 9.06. The summed E-state index contributed by atoms with van der Waals surface area (Å²) in [5.41, 5.74) is 5.15. The molecular formula is C13H15ClN4O. The van der Waals surface area contributed by atoms with Gasteiger partial charge in [-0.3, -0.25) is 0 Å². The Morgan fingerprint density at radius 2 is 2.11 bits per heavy atom. The number of phenolic OH excluding ortho intramolecular Hbond substituents is 1. The largest absolute Gasteiger partial charge is 0.506 e. The van der Waals surface area contributed by atoms with E-state index in [9.17, 15) is 5.11 Å². The van der Waals surface area contributed by atoms with Gasteiger partial charge in [0, 0.05) is 16.8 Å². The standard InChI is InChI=1S/C13H15ClN4O/c1-3-10-7(2)12(18-15)17-13(16-10)8-4-5-11(19)9(14)6-8/h4-6,19H,3,15H2,1-2H3,(H,16,17,18). The number of hydrogen-bond acceptors (Lipinski definition) is 5. The summed E-state index contributed by atoms with van der Waals surface area (Å²) in [7, 11) is 0. The van der Waals surface area contributed by atoms with Crippen LogP contribution in [0.1, 0.15) is 18.2 Å². The average Bonchev–Trinajstić information content (AvgIpc) is 2.42. The van der Waals surface area contributed by atoms with E-state index in [4.69, 9.17) is 17.4 Å². The number of phenols is 1. The first-order valence-corrected chi connectivity index (χ1v) is 6.27. The summed E-state index contributed by atoms with van der Waals surface area (Å²) in [6, 6.07) is 4.86. The molecule has 2 aromatic rings. The van der Waals surface area contributed by atoms with E-state index in [0.717, 1.165) is 23.2 Å². The molecule has 2 rings (SSSR count). The Balaban J connectivity index is 2.58. The summed E-state index contributed by atoms with van der Waals surface area (Å²) in [6.07, 6.45) is 0.780. The molecule has 0 aliphatic rings. The van der Waals surface area contributed by atoms with Gasteiger partial charge in [0.2, 0.25) is 0 Å². The van der Waals surface area contributed by atoms with Crippen LogP contribution in [0, 0.1) is 6.92 Å². The summed E-state index contributed by atoms with van der Waals surface area (Å²) >= 11 is 5.90. The molecule has 0 fully saturated rings. The van der Waals surface area contributed by atoms with Crippen LogP contribution in [-0.2, 0) is 6.42 Å². The van der Waals surface area contributed by atoms with E-state index in [1.54, 1.807) is 12.1 Å². The van der Waals surface area contributed by atoms with Gasteiger partial charge < -0.3 is 10.5 Å². The Bertz CT molecular complexity index is 591. The quantitative estimate of drug-likeness (QED) is 0.594. The lowest BCUT2D eigenvalue weighted by Crippen LogP contribution is -2.13. The number of hydrogen-bond donors (Lipinski definition) is 3. The van der Waals surface area contributed by atoms with Gasteiger partial charge in [-0.15, -0.1) is 0 Å². The van der Waals surface area contributed by atoms with Crippen LogP contribution in [0.3, 0.4) is 0 Å². The number of aromatic hydroxyl groups is 1. The predicted octanol–water partition coefficient (Wildman–Crippen LogP) is 2.66. The molecule has 6 heteroatoms. The van der Waals surface area contributed by atoms with Gasteiger partial charge in [0.1, 0.15) is 11.6 Å². The topological polar surface area (TPSA) is 84.1 Å². The van der Waals surface area contributed by atoms with Crippen molar-refractivity contribution in [2.75, 3.05) is 5.43 Å². The minimum absolute atomic E-state index is 0.0328. The van der Waals surface area contributed by atoms with Gasteiger partial charge in [-0.2, -0.15) is 0 Å². The summed E-state index contributed by atoms with van der Waals surface area (Å²) in [4.78, 5) is 8.85. The number of rotatable bonds is 3. The van der Waals surface area contributed by atoms with Crippen molar-refractivity contribution in [1.29, 1.82) is 0 Å². The smallest absolute Gasteiger partial charge is 0.161 e.